The van der Waals surface area contributed by atoms with E-state index in [1.54, 1.807) is 6.07 Å². The lowest BCUT2D eigenvalue weighted by molar-refractivity contribution is -0.132. The number of carboxylic acid groups (broad SMARTS) is 2. The van der Waals surface area contributed by atoms with Crippen LogP contribution in [0.1, 0.15) is 28.8 Å². The predicted molar refractivity (Wildman–Crippen MR) is 73.9 cm³/mol. The van der Waals surface area contributed by atoms with Gasteiger partial charge in [0.1, 0.15) is 0 Å². The van der Waals surface area contributed by atoms with Crippen molar-refractivity contribution in [3.8, 4) is 0 Å². The number of hydrogen-bond acceptors (Lipinski definition) is 4. The van der Waals surface area contributed by atoms with Gasteiger partial charge < -0.3 is 21.7 Å². The fourth-order valence-corrected chi connectivity index (χ4v) is 2.22. The number of allylic oxidation sites excluding steroid dienone is 2. The van der Waals surface area contributed by atoms with Crippen LogP contribution in [0.5, 0.6) is 0 Å². The second-order valence-corrected chi connectivity index (χ2v) is 4.53. The molecule has 0 radical (unpaired) electrons. The Morgan fingerprint density at radius 3 is 2.35 bits per heavy atom. The molecule has 20 heavy (non-hydrogen) atoms. The van der Waals surface area contributed by atoms with Crippen LogP contribution in [0, 0.1) is 0 Å². The molecule has 0 heterocycles. The molecule has 0 saturated carbocycles. The van der Waals surface area contributed by atoms with Gasteiger partial charge >= 0.3 is 11.9 Å². The third-order valence-electron chi connectivity index (χ3n) is 3.15. The van der Waals surface area contributed by atoms with Gasteiger partial charge in [-0.2, -0.15) is 0 Å². The highest BCUT2D eigenvalue weighted by molar-refractivity contribution is 6.04. The quantitative estimate of drug-likeness (QED) is 0.618. The van der Waals surface area contributed by atoms with Crippen molar-refractivity contribution in [1.82, 2.24) is 0 Å². The second kappa shape index (κ2) is 5.08. The van der Waals surface area contributed by atoms with Gasteiger partial charge in [-0.05, 0) is 42.2 Å². The maximum atomic E-state index is 11.3. The Morgan fingerprint density at radius 2 is 1.75 bits per heavy atom. The van der Waals surface area contributed by atoms with E-state index in [9.17, 15) is 19.8 Å². The van der Waals surface area contributed by atoms with Crippen molar-refractivity contribution >= 4 is 23.2 Å². The van der Waals surface area contributed by atoms with Crippen molar-refractivity contribution in [2.24, 2.45) is 5.73 Å². The summed E-state index contributed by atoms with van der Waals surface area (Å²) < 4.78 is 0. The number of rotatable bonds is 3. The van der Waals surface area contributed by atoms with Gasteiger partial charge in [0.05, 0.1) is 11.1 Å². The number of aliphatic carboxylic acids is 1. The lowest BCUT2D eigenvalue weighted by atomic mass is 9.87. The zero-order chi connectivity index (χ0) is 14.9. The van der Waals surface area contributed by atoms with Crippen LogP contribution in [-0.2, 0) is 4.79 Å². The summed E-state index contributed by atoms with van der Waals surface area (Å²) in [5.41, 5.74) is 12.9. The number of aromatic carboxylic acids is 1. The minimum atomic E-state index is -1.15. The number of hydrogen-bond donors (Lipinski definition) is 4. The van der Waals surface area contributed by atoms with Crippen molar-refractivity contribution < 1.29 is 19.8 Å². The molecule has 0 unspecified atom stereocenters. The van der Waals surface area contributed by atoms with Crippen molar-refractivity contribution in [1.29, 1.82) is 0 Å². The standard InChI is InChI=1S/C14H14N2O4/c15-7-1-3-9(11(5-7)13(17)18)10-4-2-8(16)6-12(10)14(19)20/h1,3,5-6H,2,4,15-16H2,(H,17,18)(H,19,20). The molecule has 2 rings (SSSR count). The lowest BCUT2D eigenvalue weighted by Gasteiger charge is -2.18. The summed E-state index contributed by atoms with van der Waals surface area (Å²) >= 11 is 0. The molecule has 0 aliphatic heterocycles. The van der Waals surface area contributed by atoms with E-state index in [0.717, 1.165) is 0 Å². The van der Waals surface area contributed by atoms with Crippen LogP contribution in [0.15, 0.2) is 35.5 Å². The van der Waals surface area contributed by atoms with Gasteiger partial charge in [-0.15, -0.1) is 0 Å². The summed E-state index contributed by atoms with van der Waals surface area (Å²) in [4.78, 5) is 22.6. The van der Waals surface area contributed by atoms with Crippen molar-refractivity contribution in [3.63, 3.8) is 0 Å². The van der Waals surface area contributed by atoms with Crippen LogP contribution in [0.4, 0.5) is 5.69 Å². The van der Waals surface area contributed by atoms with Gasteiger partial charge in [0, 0.05) is 11.4 Å². The minimum Gasteiger partial charge on any atom is -0.478 e. The summed E-state index contributed by atoms with van der Waals surface area (Å²) in [5, 5.41) is 18.5. The summed E-state index contributed by atoms with van der Waals surface area (Å²) in [6.07, 6.45) is 2.26. The van der Waals surface area contributed by atoms with Crippen LogP contribution in [0.3, 0.4) is 0 Å². The number of carbonyl (C=O) groups is 2. The molecule has 0 atom stereocenters. The average molecular weight is 274 g/mol. The van der Waals surface area contributed by atoms with Gasteiger partial charge in [-0.25, -0.2) is 9.59 Å². The van der Waals surface area contributed by atoms with E-state index >= 15 is 0 Å². The lowest BCUT2D eigenvalue weighted by Crippen LogP contribution is -2.13. The van der Waals surface area contributed by atoms with Gasteiger partial charge in [0.2, 0.25) is 0 Å². The maximum absolute atomic E-state index is 11.3. The van der Waals surface area contributed by atoms with Gasteiger partial charge in [0.25, 0.3) is 0 Å². The van der Waals surface area contributed by atoms with Crippen LogP contribution in [0.2, 0.25) is 0 Å². The molecule has 6 heteroatoms. The third-order valence-corrected chi connectivity index (χ3v) is 3.15. The fourth-order valence-electron chi connectivity index (χ4n) is 2.22. The summed E-state index contributed by atoms with van der Waals surface area (Å²) in [7, 11) is 0. The van der Waals surface area contributed by atoms with E-state index in [1.165, 1.54) is 18.2 Å². The predicted octanol–water partition coefficient (Wildman–Crippen LogP) is 1.44. The second-order valence-electron chi connectivity index (χ2n) is 4.53. The first kappa shape index (κ1) is 13.7. The fraction of sp³-hybridized carbons (Fsp3) is 0.143. The Balaban J connectivity index is 2.68. The average Bonchev–Trinajstić information content (AvgIpc) is 2.38. The third kappa shape index (κ3) is 2.49. The first-order valence-electron chi connectivity index (χ1n) is 5.96. The zero-order valence-electron chi connectivity index (χ0n) is 10.6. The molecule has 0 aromatic heterocycles. The maximum Gasteiger partial charge on any atom is 0.336 e. The molecular weight excluding hydrogens is 260 g/mol. The van der Waals surface area contributed by atoms with E-state index in [-0.39, 0.29) is 11.1 Å². The molecule has 0 spiro atoms. The SMILES string of the molecule is NC1=CC(C(=O)O)=C(c2ccc(N)cc2C(=O)O)CC1. The monoisotopic (exact) mass is 274 g/mol. The van der Waals surface area contributed by atoms with Crippen LogP contribution >= 0.6 is 0 Å². The Morgan fingerprint density at radius 1 is 1.05 bits per heavy atom. The molecule has 1 aliphatic rings. The first-order valence-corrected chi connectivity index (χ1v) is 5.96. The molecule has 1 aromatic carbocycles. The molecule has 0 saturated heterocycles. The largest absolute Gasteiger partial charge is 0.478 e. The molecule has 0 amide bonds. The Kier molecular flexibility index (Phi) is 3.47. The van der Waals surface area contributed by atoms with Crippen molar-refractivity contribution in [2.45, 2.75) is 12.8 Å². The molecule has 104 valence electrons. The normalized spacial score (nSPS) is 14.9. The number of carboxylic acids is 2. The number of nitrogens with two attached hydrogens (primary N) is 2. The molecule has 6 nitrogen and oxygen atoms in total. The molecule has 6 N–H and O–H groups in total. The number of benzene rings is 1. The van der Waals surface area contributed by atoms with Crippen LogP contribution < -0.4 is 11.5 Å². The summed E-state index contributed by atoms with van der Waals surface area (Å²) in [5.74, 6) is -2.28. The highest BCUT2D eigenvalue weighted by Gasteiger charge is 2.22. The van der Waals surface area contributed by atoms with Crippen LogP contribution in [-0.4, -0.2) is 22.2 Å². The number of anilines is 1. The van der Waals surface area contributed by atoms with E-state index in [0.29, 0.717) is 35.4 Å². The molecular formula is C14H14N2O4. The van der Waals surface area contributed by atoms with Gasteiger partial charge in [-0.3, -0.25) is 0 Å². The molecule has 1 aliphatic carbocycles. The van der Waals surface area contributed by atoms with Crippen molar-refractivity contribution in [2.75, 3.05) is 5.73 Å². The highest BCUT2D eigenvalue weighted by atomic mass is 16.4. The number of nitrogen functional groups attached to an aromatic ring is 1. The van der Waals surface area contributed by atoms with E-state index in [1.807, 2.05) is 0 Å². The van der Waals surface area contributed by atoms with E-state index in [2.05, 4.69) is 0 Å². The van der Waals surface area contributed by atoms with E-state index in [4.69, 9.17) is 11.5 Å². The summed E-state index contributed by atoms with van der Waals surface area (Å²) in [6, 6.07) is 4.41. The van der Waals surface area contributed by atoms with Gasteiger partial charge in [0.15, 0.2) is 0 Å². The Hall–Kier alpha value is -2.76. The first-order chi connectivity index (χ1) is 9.40. The van der Waals surface area contributed by atoms with E-state index < -0.39 is 11.9 Å². The Bertz CT molecular complexity index is 659. The topological polar surface area (TPSA) is 127 Å². The highest BCUT2D eigenvalue weighted by Crippen LogP contribution is 2.33. The minimum absolute atomic E-state index is 0.00683. The summed E-state index contributed by atoms with van der Waals surface area (Å²) in [6.45, 7) is 0. The van der Waals surface area contributed by atoms with Crippen molar-refractivity contribution in [3.05, 3.63) is 46.7 Å². The zero-order valence-corrected chi connectivity index (χ0v) is 10.6. The van der Waals surface area contributed by atoms with Gasteiger partial charge in [-0.1, -0.05) is 6.07 Å². The molecule has 1 aromatic rings. The van der Waals surface area contributed by atoms with Crippen LogP contribution in [0.25, 0.3) is 5.57 Å². The molecule has 0 fully saturated rings. The molecule has 0 bridgehead atoms. The smallest absolute Gasteiger partial charge is 0.336 e. The Labute approximate surface area is 115 Å².